The van der Waals surface area contributed by atoms with Crippen LogP contribution in [0.1, 0.15) is 37.4 Å². The highest BCUT2D eigenvalue weighted by molar-refractivity contribution is 5.86. The van der Waals surface area contributed by atoms with Gasteiger partial charge in [0.2, 0.25) is 0 Å². The molecule has 2 aromatic rings. The lowest BCUT2D eigenvalue weighted by molar-refractivity contribution is -0.122. The van der Waals surface area contributed by atoms with Gasteiger partial charge in [-0.05, 0) is 50.1 Å². The lowest BCUT2D eigenvalue weighted by Crippen LogP contribution is -2.41. The molecule has 4 N–H and O–H groups in total. The molecule has 2 atom stereocenters. The molecule has 1 amide bonds. The third-order valence-electron chi connectivity index (χ3n) is 4.19. The van der Waals surface area contributed by atoms with Gasteiger partial charge < -0.3 is 9.84 Å². The summed E-state index contributed by atoms with van der Waals surface area (Å²) in [4.78, 5) is 12.3. The lowest BCUT2D eigenvalue weighted by atomic mass is 10.0. The average molecular weight is 368 g/mol. The Morgan fingerprint density at radius 2 is 1.96 bits per heavy atom. The fourth-order valence-electron chi connectivity index (χ4n) is 2.84. The molecule has 0 radical (unpaired) electrons. The second kappa shape index (κ2) is 8.66. The van der Waals surface area contributed by atoms with Gasteiger partial charge in [-0.1, -0.05) is 24.3 Å². The maximum Gasteiger partial charge on any atom is 0.258 e. The first-order valence-corrected chi connectivity index (χ1v) is 8.91. The van der Waals surface area contributed by atoms with Crippen LogP contribution in [0.3, 0.4) is 0 Å². The maximum absolute atomic E-state index is 12.3. The van der Waals surface area contributed by atoms with Crippen LogP contribution >= 0.6 is 0 Å². The molecule has 0 aliphatic carbocycles. The molecule has 1 saturated heterocycles. The number of hydrazone groups is 1. The summed E-state index contributed by atoms with van der Waals surface area (Å²) in [6.07, 6.45) is 2.15. The number of nitrogens with one attached hydrogen (secondary N) is 3. The molecule has 0 spiro atoms. The fraction of sp³-hybridized carbons (Fsp3) is 0.300. The van der Waals surface area contributed by atoms with E-state index in [1.807, 2.05) is 38.1 Å². The topological polar surface area (TPSA) is 95.0 Å². The Bertz CT molecular complexity index is 805. The minimum Gasteiger partial charge on any atom is -0.507 e. The van der Waals surface area contributed by atoms with E-state index in [-0.39, 0.29) is 23.8 Å². The SMILES string of the molecule is CC(C)Oc1ccc(C2CC(C(=O)N/N=C/c3ccccc3O)NN2)cc1. The molecule has 0 aromatic heterocycles. The van der Waals surface area contributed by atoms with Gasteiger partial charge in [-0.3, -0.25) is 4.79 Å². The van der Waals surface area contributed by atoms with Crippen LogP contribution in [-0.4, -0.2) is 29.4 Å². The average Bonchev–Trinajstić information content (AvgIpc) is 3.13. The molecule has 1 fully saturated rings. The summed E-state index contributed by atoms with van der Waals surface area (Å²) in [6, 6.07) is 14.3. The van der Waals surface area contributed by atoms with Gasteiger partial charge >= 0.3 is 0 Å². The third-order valence-corrected chi connectivity index (χ3v) is 4.19. The molecule has 2 unspecified atom stereocenters. The van der Waals surface area contributed by atoms with Crippen molar-refractivity contribution in [3.05, 3.63) is 59.7 Å². The number of nitrogens with zero attached hydrogens (tertiary/aromatic N) is 1. The molecule has 142 valence electrons. The summed E-state index contributed by atoms with van der Waals surface area (Å²) >= 11 is 0. The number of hydrazine groups is 1. The summed E-state index contributed by atoms with van der Waals surface area (Å²) in [7, 11) is 0. The van der Waals surface area contributed by atoms with Crippen LogP contribution in [0.25, 0.3) is 0 Å². The molecular weight excluding hydrogens is 344 g/mol. The molecule has 7 nitrogen and oxygen atoms in total. The number of phenolic OH excluding ortho intramolecular Hbond substituents is 1. The highest BCUT2D eigenvalue weighted by Crippen LogP contribution is 2.24. The van der Waals surface area contributed by atoms with Crippen LogP contribution in [0.15, 0.2) is 53.6 Å². The van der Waals surface area contributed by atoms with Crippen molar-refractivity contribution in [2.75, 3.05) is 0 Å². The number of carbonyl (C=O) groups excluding carboxylic acids is 1. The zero-order valence-electron chi connectivity index (χ0n) is 15.3. The zero-order chi connectivity index (χ0) is 19.2. The summed E-state index contributed by atoms with van der Waals surface area (Å²) in [6.45, 7) is 3.97. The second-order valence-electron chi connectivity index (χ2n) is 6.66. The van der Waals surface area contributed by atoms with E-state index in [1.54, 1.807) is 24.3 Å². The van der Waals surface area contributed by atoms with Crippen LogP contribution in [0.4, 0.5) is 0 Å². The van der Waals surface area contributed by atoms with Crippen molar-refractivity contribution in [2.45, 2.75) is 38.5 Å². The lowest BCUT2D eigenvalue weighted by Gasteiger charge is -2.13. The summed E-state index contributed by atoms with van der Waals surface area (Å²) in [5.74, 6) is 0.699. The van der Waals surface area contributed by atoms with Gasteiger partial charge in [0.25, 0.3) is 5.91 Å². The minimum atomic E-state index is -0.400. The molecule has 3 rings (SSSR count). The van der Waals surface area contributed by atoms with Crippen molar-refractivity contribution in [3.63, 3.8) is 0 Å². The van der Waals surface area contributed by atoms with Gasteiger partial charge in [0.05, 0.1) is 12.3 Å². The highest BCUT2D eigenvalue weighted by Gasteiger charge is 2.30. The van der Waals surface area contributed by atoms with Crippen molar-refractivity contribution in [3.8, 4) is 11.5 Å². The Morgan fingerprint density at radius 1 is 1.22 bits per heavy atom. The van der Waals surface area contributed by atoms with Gasteiger partial charge in [0.1, 0.15) is 17.5 Å². The van der Waals surface area contributed by atoms with Crippen LogP contribution in [-0.2, 0) is 4.79 Å². The first-order valence-electron chi connectivity index (χ1n) is 8.91. The number of hydrogen-bond donors (Lipinski definition) is 4. The fourth-order valence-corrected chi connectivity index (χ4v) is 2.84. The summed E-state index contributed by atoms with van der Waals surface area (Å²) in [5.41, 5.74) is 10.2. The molecule has 7 heteroatoms. The second-order valence-corrected chi connectivity index (χ2v) is 6.66. The van der Waals surface area contributed by atoms with Crippen LogP contribution < -0.4 is 21.0 Å². The van der Waals surface area contributed by atoms with Crippen LogP contribution in [0.2, 0.25) is 0 Å². The molecule has 27 heavy (non-hydrogen) atoms. The molecular formula is C20H24N4O3. The van der Waals surface area contributed by atoms with Crippen molar-refractivity contribution < 1.29 is 14.6 Å². The number of amides is 1. The Kier molecular flexibility index (Phi) is 6.05. The smallest absolute Gasteiger partial charge is 0.258 e. The third kappa shape index (κ3) is 5.06. The van der Waals surface area contributed by atoms with E-state index in [0.717, 1.165) is 11.3 Å². The molecule has 2 aromatic carbocycles. The van der Waals surface area contributed by atoms with Crippen LogP contribution in [0, 0.1) is 0 Å². The quantitative estimate of drug-likeness (QED) is 0.463. The van der Waals surface area contributed by atoms with E-state index in [2.05, 4.69) is 21.4 Å². The number of carbonyl (C=O) groups is 1. The van der Waals surface area contributed by atoms with Gasteiger partial charge in [-0.2, -0.15) is 5.10 Å². The Balaban J connectivity index is 1.52. The predicted molar refractivity (Wildman–Crippen MR) is 103 cm³/mol. The number of benzene rings is 2. The largest absolute Gasteiger partial charge is 0.507 e. The van der Waals surface area contributed by atoms with Gasteiger partial charge in [-0.25, -0.2) is 16.3 Å². The van der Waals surface area contributed by atoms with Crippen molar-refractivity contribution in [1.82, 2.24) is 16.3 Å². The van der Waals surface area contributed by atoms with E-state index in [1.165, 1.54) is 6.21 Å². The number of hydrogen-bond acceptors (Lipinski definition) is 6. The highest BCUT2D eigenvalue weighted by atomic mass is 16.5. The summed E-state index contributed by atoms with van der Waals surface area (Å²) in [5, 5.41) is 13.6. The number of rotatable bonds is 6. The van der Waals surface area contributed by atoms with Crippen LogP contribution in [0.5, 0.6) is 11.5 Å². The Morgan fingerprint density at radius 3 is 2.67 bits per heavy atom. The Hall–Kier alpha value is -2.90. The minimum absolute atomic E-state index is 0.0241. The Labute approximate surface area is 158 Å². The van der Waals surface area contributed by atoms with Gasteiger partial charge in [-0.15, -0.1) is 0 Å². The van der Waals surface area contributed by atoms with E-state index in [9.17, 15) is 9.90 Å². The van der Waals surface area contributed by atoms with Gasteiger partial charge in [0.15, 0.2) is 0 Å². The molecule has 1 aliphatic rings. The van der Waals surface area contributed by atoms with Crippen molar-refractivity contribution >= 4 is 12.1 Å². The molecule has 0 saturated carbocycles. The molecule has 1 aliphatic heterocycles. The van der Waals surface area contributed by atoms with E-state index >= 15 is 0 Å². The predicted octanol–water partition coefficient (Wildman–Crippen LogP) is 2.24. The normalized spacial score (nSPS) is 19.5. The number of para-hydroxylation sites is 1. The number of aromatic hydroxyl groups is 1. The maximum atomic E-state index is 12.3. The van der Waals surface area contributed by atoms with Crippen molar-refractivity contribution in [2.24, 2.45) is 5.10 Å². The van der Waals surface area contributed by atoms with E-state index in [4.69, 9.17) is 4.74 Å². The molecule has 0 bridgehead atoms. The number of ether oxygens (including phenoxy) is 1. The standard InChI is InChI=1S/C20H24N4O3/c1-13(2)27-16-9-7-14(8-10-16)17-11-18(23-22-17)20(26)24-21-12-15-5-3-4-6-19(15)25/h3-10,12-13,17-18,22-23,25H,11H2,1-2H3,(H,24,26)/b21-12+. The van der Waals surface area contributed by atoms with E-state index in [0.29, 0.717) is 12.0 Å². The van der Waals surface area contributed by atoms with Gasteiger partial charge in [0, 0.05) is 11.6 Å². The first-order chi connectivity index (χ1) is 13.0. The van der Waals surface area contributed by atoms with Crippen molar-refractivity contribution in [1.29, 1.82) is 0 Å². The zero-order valence-corrected chi connectivity index (χ0v) is 15.3. The number of phenols is 1. The van der Waals surface area contributed by atoms with E-state index < -0.39 is 6.04 Å². The molecule has 1 heterocycles. The summed E-state index contributed by atoms with van der Waals surface area (Å²) < 4.78 is 5.65. The monoisotopic (exact) mass is 368 g/mol. The first kappa shape index (κ1) is 18.9.